The molecule has 2 rings (SSSR count). The topological polar surface area (TPSA) is 50.1 Å². The van der Waals surface area contributed by atoms with Gasteiger partial charge in [0.2, 0.25) is 0 Å². The smallest absolute Gasteiger partial charge is 0.150 e. The van der Waals surface area contributed by atoms with Crippen LogP contribution in [0, 0.1) is 11.3 Å². The van der Waals surface area contributed by atoms with E-state index in [0.29, 0.717) is 16.9 Å². The Balaban J connectivity index is 2.51. The van der Waals surface area contributed by atoms with Crippen LogP contribution in [-0.2, 0) is 0 Å². The summed E-state index contributed by atoms with van der Waals surface area (Å²) in [5, 5.41) is 8.92. The lowest BCUT2D eigenvalue weighted by atomic mass is 10.0. The predicted octanol–water partition coefficient (Wildman–Crippen LogP) is 3.05. The van der Waals surface area contributed by atoms with E-state index in [9.17, 15) is 4.79 Å². The first kappa shape index (κ1) is 11.9. The minimum absolute atomic E-state index is 0.493. The lowest BCUT2D eigenvalue weighted by Gasteiger charge is -2.07. The summed E-state index contributed by atoms with van der Waals surface area (Å²) in [6.45, 7) is 0. The van der Waals surface area contributed by atoms with E-state index in [1.165, 1.54) is 7.11 Å². The summed E-state index contributed by atoms with van der Waals surface area (Å²) in [6, 6.07) is 14.7. The van der Waals surface area contributed by atoms with Crippen molar-refractivity contribution in [2.75, 3.05) is 7.11 Å². The van der Waals surface area contributed by atoms with E-state index in [1.54, 1.807) is 24.3 Å². The first-order valence-electron chi connectivity index (χ1n) is 5.42. The molecular formula is C15H11NO2. The molecule has 0 saturated carbocycles. The second-order valence-corrected chi connectivity index (χ2v) is 3.77. The summed E-state index contributed by atoms with van der Waals surface area (Å²) >= 11 is 0. The van der Waals surface area contributed by atoms with Crippen LogP contribution in [0.5, 0.6) is 5.75 Å². The lowest BCUT2D eigenvalue weighted by Crippen LogP contribution is -1.89. The van der Waals surface area contributed by atoms with Gasteiger partial charge in [0.25, 0.3) is 0 Å². The summed E-state index contributed by atoms with van der Waals surface area (Å²) in [5.74, 6) is 0.534. The fraction of sp³-hybridized carbons (Fsp3) is 0.0667. The van der Waals surface area contributed by atoms with Gasteiger partial charge in [-0.05, 0) is 29.3 Å². The average molecular weight is 237 g/mol. The van der Waals surface area contributed by atoms with Crippen LogP contribution in [0.25, 0.3) is 11.1 Å². The number of hydrogen-bond acceptors (Lipinski definition) is 3. The summed E-state index contributed by atoms with van der Waals surface area (Å²) < 4.78 is 5.16. The fourth-order valence-electron chi connectivity index (χ4n) is 1.75. The normalized spacial score (nSPS) is 9.56. The Morgan fingerprint density at radius 1 is 1.17 bits per heavy atom. The van der Waals surface area contributed by atoms with Crippen LogP contribution in [0.2, 0.25) is 0 Å². The summed E-state index contributed by atoms with van der Waals surface area (Å²) in [7, 11) is 1.53. The van der Waals surface area contributed by atoms with E-state index < -0.39 is 0 Å². The second kappa shape index (κ2) is 5.15. The van der Waals surface area contributed by atoms with Crippen molar-refractivity contribution in [3.05, 3.63) is 53.6 Å². The SMILES string of the molecule is COc1cc(-c2cccc(C=O)c2)ccc1C#N. The molecule has 0 bridgehead atoms. The third kappa shape index (κ3) is 2.23. The molecule has 0 aliphatic carbocycles. The van der Waals surface area contributed by atoms with Crippen LogP contribution in [0.3, 0.4) is 0 Å². The molecular weight excluding hydrogens is 226 g/mol. The van der Waals surface area contributed by atoms with E-state index in [1.807, 2.05) is 18.2 Å². The molecule has 0 unspecified atom stereocenters. The number of methoxy groups -OCH3 is 1. The second-order valence-electron chi connectivity index (χ2n) is 3.77. The lowest BCUT2D eigenvalue weighted by molar-refractivity contribution is 0.112. The van der Waals surface area contributed by atoms with Gasteiger partial charge in [-0.2, -0.15) is 5.26 Å². The summed E-state index contributed by atoms with van der Waals surface area (Å²) in [4.78, 5) is 10.7. The molecule has 3 nitrogen and oxygen atoms in total. The largest absolute Gasteiger partial charge is 0.495 e. The van der Waals surface area contributed by atoms with E-state index in [-0.39, 0.29) is 0 Å². The number of rotatable bonds is 3. The van der Waals surface area contributed by atoms with Gasteiger partial charge < -0.3 is 4.74 Å². The highest BCUT2D eigenvalue weighted by molar-refractivity contribution is 5.79. The monoisotopic (exact) mass is 237 g/mol. The molecule has 0 aliphatic rings. The molecule has 0 heterocycles. The van der Waals surface area contributed by atoms with Crippen molar-refractivity contribution in [2.45, 2.75) is 0 Å². The van der Waals surface area contributed by atoms with Gasteiger partial charge in [0, 0.05) is 5.56 Å². The van der Waals surface area contributed by atoms with Crippen LogP contribution in [0.15, 0.2) is 42.5 Å². The number of hydrogen-bond donors (Lipinski definition) is 0. The number of carbonyl (C=O) groups excluding carboxylic acids is 1. The zero-order valence-electron chi connectivity index (χ0n) is 9.88. The number of benzene rings is 2. The Kier molecular flexibility index (Phi) is 3.40. The first-order chi connectivity index (χ1) is 8.78. The Bertz CT molecular complexity index is 627. The van der Waals surface area contributed by atoms with Crippen LogP contribution in [0.4, 0.5) is 0 Å². The van der Waals surface area contributed by atoms with Crippen LogP contribution < -0.4 is 4.74 Å². The molecule has 0 atom stereocenters. The molecule has 0 fully saturated rings. The molecule has 18 heavy (non-hydrogen) atoms. The Labute approximate surface area is 105 Å². The van der Waals surface area contributed by atoms with Gasteiger partial charge in [0.05, 0.1) is 12.7 Å². The van der Waals surface area contributed by atoms with Gasteiger partial charge in [0.15, 0.2) is 0 Å². The third-order valence-electron chi connectivity index (χ3n) is 2.68. The number of nitrogens with zero attached hydrogens (tertiary/aromatic N) is 1. The number of nitriles is 1. The molecule has 2 aromatic carbocycles. The minimum Gasteiger partial charge on any atom is -0.495 e. The maximum Gasteiger partial charge on any atom is 0.150 e. The molecule has 3 heteroatoms. The van der Waals surface area contributed by atoms with Gasteiger partial charge >= 0.3 is 0 Å². The number of carbonyl (C=O) groups is 1. The van der Waals surface area contributed by atoms with Crippen molar-refractivity contribution in [1.29, 1.82) is 5.26 Å². The standard InChI is InChI=1S/C15H11NO2/c1-18-15-8-13(5-6-14(15)9-16)12-4-2-3-11(7-12)10-17/h2-8,10H,1H3. The molecule has 2 aromatic rings. The van der Waals surface area contributed by atoms with Gasteiger partial charge in [-0.3, -0.25) is 4.79 Å². The fourth-order valence-corrected chi connectivity index (χ4v) is 1.75. The molecule has 0 radical (unpaired) electrons. The maximum atomic E-state index is 10.7. The molecule has 0 amide bonds. The predicted molar refractivity (Wildman–Crippen MR) is 68.5 cm³/mol. The van der Waals surface area contributed by atoms with Gasteiger partial charge in [-0.25, -0.2) is 0 Å². The van der Waals surface area contributed by atoms with Crippen molar-refractivity contribution in [3.63, 3.8) is 0 Å². The van der Waals surface area contributed by atoms with Crippen molar-refractivity contribution in [2.24, 2.45) is 0 Å². The third-order valence-corrected chi connectivity index (χ3v) is 2.68. The van der Waals surface area contributed by atoms with Crippen molar-refractivity contribution < 1.29 is 9.53 Å². The number of ether oxygens (including phenoxy) is 1. The Hall–Kier alpha value is -2.60. The molecule has 0 spiro atoms. The minimum atomic E-state index is 0.493. The zero-order chi connectivity index (χ0) is 13.0. The van der Waals surface area contributed by atoms with Gasteiger partial charge in [0.1, 0.15) is 18.1 Å². The molecule has 88 valence electrons. The van der Waals surface area contributed by atoms with E-state index >= 15 is 0 Å². The van der Waals surface area contributed by atoms with E-state index in [4.69, 9.17) is 10.00 Å². The highest BCUT2D eigenvalue weighted by atomic mass is 16.5. The molecule has 0 saturated heterocycles. The number of aldehydes is 1. The average Bonchev–Trinajstić information content (AvgIpc) is 2.46. The van der Waals surface area contributed by atoms with Crippen LogP contribution >= 0.6 is 0 Å². The Morgan fingerprint density at radius 3 is 2.61 bits per heavy atom. The zero-order valence-corrected chi connectivity index (χ0v) is 9.88. The van der Waals surface area contributed by atoms with Gasteiger partial charge in [-0.1, -0.05) is 24.3 Å². The summed E-state index contributed by atoms with van der Waals surface area (Å²) in [6.07, 6.45) is 0.810. The van der Waals surface area contributed by atoms with Crippen LogP contribution in [0.1, 0.15) is 15.9 Å². The van der Waals surface area contributed by atoms with Crippen LogP contribution in [-0.4, -0.2) is 13.4 Å². The van der Waals surface area contributed by atoms with Crippen molar-refractivity contribution in [1.82, 2.24) is 0 Å². The van der Waals surface area contributed by atoms with Gasteiger partial charge in [-0.15, -0.1) is 0 Å². The quantitative estimate of drug-likeness (QED) is 0.771. The van der Waals surface area contributed by atoms with E-state index in [0.717, 1.165) is 17.4 Å². The first-order valence-corrected chi connectivity index (χ1v) is 5.42. The Morgan fingerprint density at radius 2 is 1.94 bits per heavy atom. The molecule has 0 aromatic heterocycles. The van der Waals surface area contributed by atoms with Crippen molar-refractivity contribution in [3.8, 4) is 22.9 Å². The highest BCUT2D eigenvalue weighted by Gasteiger charge is 2.05. The molecule has 0 aliphatic heterocycles. The summed E-state index contributed by atoms with van der Waals surface area (Å²) in [5.41, 5.74) is 2.94. The van der Waals surface area contributed by atoms with E-state index in [2.05, 4.69) is 6.07 Å². The molecule has 0 N–H and O–H groups in total. The highest BCUT2D eigenvalue weighted by Crippen LogP contribution is 2.27. The van der Waals surface area contributed by atoms with Crippen molar-refractivity contribution >= 4 is 6.29 Å². The maximum absolute atomic E-state index is 10.7.